The van der Waals surface area contributed by atoms with Crippen LogP contribution in [0.4, 0.5) is 5.69 Å². The number of ether oxygens (including phenoxy) is 2. The predicted molar refractivity (Wildman–Crippen MR) is 121 cm³/mol. The maximum Gasteiger partial charge on any atom is 0.265 e. The average Bonchev–Trinajstić information content (AvgIpc) is 2.87. The molecule has 2 amide bonds. The Bertz CT molecular complexity index is 1250. The third-order valence-corrected chi connectivity index (χ3v) is 5.97. The Labute approximate surface area is 190 Å². The molecule has 0 saturated carbocycles. The van der Waals surface area contributed by atoms with Crippen LogP contribution in [0.25, 0.3) is 10.9 Å². The summed E-state index contributed by atoms with van der Waals surface area (Å²) in [5, 5.41) is 4.77. The fourth-order valence-electron chi connectivity index (χ4n) is 4.26. The first-order valence-electron chi connectivity index (χ1n) is 11.0. The van der Waals surface area contributed by atoms with Crippen molar-refractivity contribution in [2.45, 2.75) is 19.1 Å². The van der Waals surface area contributed by atoms with Crippen LogP contribution in [0, 0.1) is 0 Å². The summed E-state index contributed by atoms with van der Waals surface area (Å²) in [4.78, 5) is 41.8. The number of carbonyl (C=O) groups is 2. The number of aryl methyl sites for hydroxylation is 1. The molecule has 170 valence electrons. The summed E-state index contributed by atoms with van der Waals surface area (Å²) in [5.74, 6) is 0.226. The molecule has 0 unspecified atom stereocenters. The minimum Gasteiger partial charge on any atom is -0.476 e. The van der Waals surface area contributed by atoms with Crippen molar-refractivity contribution < 1.29 is 19.1 Å². The molecule has 33 heavy (non-hydrogen) atoms. The van der Waals surface area contributed by atoms with E-state index >= 15 is 0 Å². The Balaban J connectivity index is 1.36. The third kappa shape index (κ3) is 4.19. The van der Waals surface area contributed by atoms with Gasteiger partial charge in [0.05, 0.1) is 43.7 Å². The van der Waals surface area contributed by atoms with Gasteiger partial charge in [0.15, 0.2) is 6.10 Å². The molecule has 2 aromatic carbocycles. The Morgan fingerprint density at radius 1 is 1.03 bits per heavy atom. The Morgan fingerprint density at radius 3 is 2.64 bits per heavy atom. The lowest BCUT2D eigenvalue weighted by atomic mass is 10.1. The summed E-state index contributed by atoms with van der Waals surface area (Å²) < 4.78 is 13.0. The zero-order valence-corrected chi connectivity index (χ0v) is 18.1. The molecule has 0 radical (unpaired) electrons. The van der Waals surface area contributed by atoms with E-state index in [0.29, 0.717) is 55.2 Å². The lowest BCUT2D eigenvalue weighted by molar-refractivity contribution is -0.142. The summed E-state index contributed by atoms with van der Waals surface area (Å²) in [6, 6.07) is 14.4. The molecule has 1 fully saturated rings. The zero-order chi connectivity index (χ0) is 22.8. The molecule has 0 spiro atoms. The van der Waals surface area contributed by atoms with E-state index < -0.39 is 6.10 Å². The van der Waals surface area contributed by atoms with E-state index in [1.807, 2.05) is 30.3 Å². The second kappa shape index (κ2) is 9.03. The standard InChI is InChI=1S/C24H24N4O5/c29-20-15-25-28(18-6-2-1-5-17(18)20)10-9-23(30)27-16-22(24(31)26-11-13-32-14-12-26)33-21-8-4-3-7-19(21)27/h1-8,15,22H,9-14,16H2/t22-/m0/s1. The van der Waals surface area contributed by atoms with Gasteiger partial charge in [0.2, 0.25) is 11.3 Å². The van der Waals surface area contributed by atoms with Gasteiger partial charge in [-0.1, -0.05) is 24.3 Å². The van der Waals surface area contributed by atoms with E-state index in [2.05, 4.69) is 5.10 Å². The smallest absolute Gasteiger partial charge is 0.265 e. The van der Waals surface area contributed by atoms with E-state index in [4.69, 9.17) is 9.47 Å². The summed E-state index contributed by atoms with van der Waals surface area (Å²) in [7, 11) is 0. The number of anilines is 1. The number of carbonyl (C=O) groups excluding carboxylic acids is 2. The normalized spacial score (nSPS) is 18.0. The van der Waals surface area contributed by atoms with Crippen LogP contribution >= 0.6 is 0 Å². The lowest BCUT2D eigenvalue weighted by Crippen LogP contribution is -2.54. The fourth-order valence-corrected chi connectivity index (χ4v) is 4.26. The van der Waals surface area contributed by atoms with E-state index in [0.717, 1.165) is 0 Å². The monoisotopic (exact) mass is 448 g/mol. The van der Waals surface area contributed by atoms with Crippen molar-refractivity contribution in [1.82, 2.24) is 14.7 Å². The molecule has 1 saturated heterocycles. The fraction of sp³-hybridized carbons (Fsp3) is 0.333. The van der Waals surface area contributed by atoms with E-state index in [1.165, 1.54) is 6.20 Å². The van der Waals surface area contributed by atoms with Crippen LogP contribution in [0.2, 0.25) is 0 Å². The topological polar surface area (TPSA) is 94.0 Å². The van der Waals surface area contributed by atoms with Crippen molar-refractivity contribution in [3.8, 4) is 5.75 Å². The first-order chi connectivity index (χ1) is 16.1. The van der Waals surface area contributed by atoms with Crippen LogP contribution in [-0.4, -0.2) is 65.4 Å². The average molecular weight is 448 g/mol. The molecule has 0 aliphatic carbocycles. The largest absolute Gasteiger partial charge is 0.476 e. The highest BCUT2D eigenvalue weighted by Crippen LogP contribution is 2.34. The zero-order valence-electron chi connectivity index (χ0n) is 18.1. The summed E-state index contributed by atoms with van der Waals surface area (Å²) in [6.45, 7) is 2.47. The molecule has 0 bridgehead atoms. The molecule has 2 aliphatic heterocycles. The molecule has 1 atom stereocenters. The molecule has 3 heterocycles. The predicted octanol–water partition coefficient (Wildman–Crippen LogP) is 1.44. The van der Waals surface area contributed by atoms with Crippen LogP contribution in [0.1, 0.15) is 6.42 Å². The minimum atomic E-state index is -0.770. The third-order valence-electron chi connectivity index (χ3n) is 5.97. The summed E-state index contributed by atoms with van der Waals surface area (Å²) >= 11 is 0. The van der Waals surface area contributed by atoms with Crippen molar-refractivity contribution in [3.63, 3.8) is 0 Å². The highest BCUT2D eigenvalue weighted by Gasteiger charge is 2.36. The molecule has 1 aromatic heterocycles. The number of para-hydroxylation sites is 3. The lowest BCUT2D eigenvalue weighted by Gasteiger charge is -2.37. The maximum absolute atomic E-state index is 13.3. The van der Waals surface area contributed by atoms with Crippen LogP contribution in [0.3, 0.4) is 0 Å². The van der Waals surface area contributed by atoms with Gasteiger partial charge in [-0.15, -0.1) is 0 Å². The summed E-state index contributed by atoms with van der Waals surface area (Å²) in [6.07, 6.45) is 0.661. The number of fused-ring (bicyclic) bond motifs is 2. The van der Waals surface area contributed by atoms with Gasteiger partial charge in [0.1, 0.15) is 5.75 Å². The van der Waals surface area contributed by atoms with E-state index in [1.54, 1.807) is 32.7 Å². The van der Waals surface area contributed by atoms with Crippen molar-refractivity contribution in [1.29, 1.82) is 0 Å². The van der Waals surface area contributed by atoms with Gasteiger partial charge in [0.25, 0.3) is 5.91 Å². The van der Waals surface area contributed by atoms with Crippen molar-refractivity contribution in [2.24, 2.45) is 0 Å². The number of rotatable bonds is 4. The number of nitrogens with zero attached hydrogens (tertiary/aromatic N) is 4. The number of amides is 2. The van der Waals surface area contributed by atoms with Crippen molar-refractivity contribution in [2.75, 3.05) is 37.7 Å². The molecule has 9 heteroatoms. The maximum atomic E-state index is 13.3. The number of benzene rings is 2. The highest BCUT2D eigenvalue weighted by molar-refractivity contribution is 5.97. The van der Waals surface area contributed by atoms with Gasteiger partial charge in [-0.2, -0.15) is 5.10 Å². The van der Waals surface area contributed by atoms with Crippen molar-refractivity contribution in [3.05, 3.63) is 65.0 Å². The number of hydrogen-bond acceptors (Lipinski definition) is 6. The molecular weight excluding hydrogens is 424 g/mol. The second-order valence-corrected chi connectivity index (χ2v) is 8.02. The van der Waals surface area contributed by atoms with E-state index in [9.17, 15) is 14.4 Å². The van der Waals surface area contributed by atoms with Crippen molar-refractivity contribution >= 4 is 28.4 Å². The van der Waals surface area contributed by atoms with Crippen LogP contribution in [-0.2, 0) is 20.9 Å². The first-order valence-corrected chi connectivity index (χ1v) is 11.0. The number of hydrogen-bond donors (Lipinski definition) is 0. The minimum absolute atomic E-state index is 0.140. The summed E-state index contributed by atoms with van der Waals surface area (Å²) in [5.41, 5.74) is 1.17. The van der Waals surface area contributed by atoms with Crippen LogP contribution < -0.4 is 15.1 Å². The highest BCUT2D eigenvalue weighted by atomic mass is 16.5. The Kier molecular flexibility index (Phi) is 5.78. The molecule has 3 aromatic rings. The first kappa shape index (κ1) is 21.1. The Hall–Kier alpha value is -3.72. The molecule has 2 aliphatic rings. The van der Waals surface area contributed by atoms with Gasteiger partial charge < -0.3 is 19.3 Å². The van der Waals surface area contributed by atoms with Crippen LogP contribution in [0.5, 0.6) is 5.75 Å². The Morgan fingerprint density at radius 2 is 1.79 bits per heavy atom. The van der Waals surface area contributed by atoms with Gasteiger partial charge in [0, 0.05) is 24.9 Å². The molecule has 9 nitrogen and oxygen atoms in total. The number of morpholine rings is 1. The second-order valence-electron chi connectivity index (χ2n) is 8.02. The van der Waals surface area contributed by atoms with Gasteiger partial charge in [-0.3, -0.25) is 19.1 Å². The molecular formula is C24H24N4O5. The van der Waals surface area contributed by atoms with Gasteiger partial charge in [-0.05, 0) is 24.3 Å². The van der Waals surface area contributed by atoms with Gasteiger partial charge in [-0.25, -0.2) is 0 Å². The molecule has 0 N–H and O–H groups in total. The van der Waals surface area contributed by atoms with Crippen LogP contribution in [0.15, 0.2) is 59.5 Å². The molecule has 5 rings (SSSR count). The van der Waals surface area contributed by atoms with Gasteiger partial charge >= 0.3 is 0 Å². The quantitative estimate of drug-likeness (QED) is 0.600. The SMILES string of the molecule is O=C([C@@H]1CN(C(=O)CCn2ncc(=O)c3ccccc32)c2ccccc2O1)N1CCOCC1. The van der Waals surface area contributed by atoms with E-state index in [-0.39, 0.29) is 30.2 Å². The number of aromatic nitrogens is 2.